The van der Waals surface area contributed by atoms with Gasteiger partial charge in [0, 0.05) is 46.4 Å². The SMILES string of the molecule is COc1ccc(C23CCN(CC(F)(F)F)CCC2[C@H]3I)c(N2CCC(COc3cc(C(CC(=O)O)C4CC4)ccn3)CC2)c1. The van der Waals surface area contributed by atoms with E-state index in [1.807, 2.05) is 18.2 Å². The minimum Gasteiger partial charge on any atom is -0.497 e. The van der Waals surface area contributed by atoms with Gasteiger partial charge in [0.05, 0.1) is 26.7 Å². The van der Waals surface area contributed by atoms with Crippen LogP contribution in [0, 0.1) is 17.8 Å². The predicted octanol–water partition coefficient (Wildman–Crippen LogP) is 6.68. The largest absolute Gasteiger partial charge is 0.497 e. The molecule has 2 aromatic rings. The summed E-state index contributed by atoms with van der Waals surface area (Å²) in [5.74, 6) is 1.73. The molecule has 3 heterocycles. The predicted molar refractivity (Wildman–Crippen MR) is 170 cm³/mol. The number of aliphatic carboxylic acids is 1. The zero-order valence-electron chi connectivity index (χ0n) is 25.1. The van der Waals surface area contributed by atoms with Crippen LogP contribution in [0.1, 0.15) is 62.0 Å². The van der Waals surface area contributed by atoms with Crippen molar-refractivity contribution < 1.29 is 32.5 Å². The fourth-order valence-electron chi connectivity index (χ4n) is 7.68. The summed E-state index contributed by atoms with van der Waals surface area (Å²) in [7, 11) is 1.67. The van der Waals surface area contributed by atoms with Gasteiger partial charge in [-0.25, -0.2) is 4.98 Å². The standard InChI is InChI=1S/C33H41F3IN3O4/c1-43-24-4-5-26(32-10-15-39(20-33(34,35)36)12-9-27(32)31(32)37)28(17-24)40-13-7-21(8-14-40)19-44-29-16-23(6-11-38-29)25(18-30(41)42)22-2-3-22/h4-6,11,16-17,21-22,25,27,31H,2-3,7-10,12-15,18-20H2,1H3,(H,41,42)/t25?,27?,31-,32?/m1/s1. The summed E-state index contributed by atoms with van der Waals surface area (Å²) < 4.78 is 51.7. The molecule has 0 bridgehead atoms. The molecular formula is C33H41F3IN3O4. The van der Waals surface area contributed by atoms with Gasteiger partial charge in [-0.2, -0.15) is 13.2 Å². The van der Waals surface area contributed by atoms with E-state index in [4.69, 9.17) is 9.47 Å². The van der Waals surface area contributed by atoms with Crippen LogP contribution in [0.3, 0.4) is 0 Å². The average molecular weight is 728 g/mol. The molecule has 1 aromatic heterocycles. The van der Waals surface area contributed by atoms with Gasteiger partial charge in [-0.1, -0.05) is 28.7 Å². The first-order valence-electron chi connectivity index (χ1n) is 15.7. The lowest BCUT2D eigenvalue weighted by atomic mass is 9.86. The van der Waals surface area contributed by atoms with Crippen LogP contribution in [-0.4, -0.2) is 77.5 Å². The number of carboxylic acid groups (broad SMARTS) is 1. The molecular weight excluding hydrogens is 686 g/mol. The smallest absolute Gasteiger partial charge is 0.401 e. The average Bonchev–Trinajstić information content (AvgIpc) is 3.92. The maximum absolute atomic E-state index is 13.2. The minimum absolute atomic E-state index is 0.00648. The number of carbonyl (C=O) groups is 1. The molecule has 2 aliphatic carbocycles. The van der Waals surface area contributed by atoms with Gasteiger partial charge in [0.2, 0.25) is 5.88 Å². The number of likely N-dealkylation sites (tertiary alicyclic amines) is 1. The van der Waals surface area contributed by atoms with E-state index in [1.165, 1.54) is 5.56 Å². The minimum atomic E-state index is -4.18. The van der Waals surface area contributed by atoms with E-state index in [2.05, 4.69) is 44.6 Å². The quantitative estimate of drug-likeness (QED) is 0.205. The summed E-state index contributed by atoms with van der Waals surface area (Å²) in [5.41, 5.74) is 3.28. The third-order valence-corrected chi connectivity index (χ3v) is 12.3. The van der Waals surface area contributed by atoms with Gasteiger partial charge in [-0.05, 0) is 98.5 Å². The number of benzene rings is 1. The Labute approximate surface area is 270 Å². The zero-order chi connectivity index (χ0) is 31.1. The maximum Gasteiger partial charge on any atom is 0.401 e. The number of anilines is 1. The van der Waals surface area contributed by atoms with E-state index in [0.29, 0.717) is 47.3 Å². The van der Waals surface area contributed by atoms with E-state index < -0.39 is 18.7 Å². The molecule has 4 atom stereocenters. The lowest BCUT2D eigenvalue weighted by Gasteiger charge is -2.36. The molecule has 3 unspecified atom stereocenters. The van der Waals surface area contributed by atoms with Crippen LogP contribution in [0.25, 0.3) is 0 Å². The Balaban J connectivity index is 1.11. The Kier molecular flexibility index (Phi) is 9.25. The van der Waals surface area contributed by atoms with Gasteiger partial charge in [-0.3, -0.25) is 9.69 Å². The lowest BCUT2D eigenvalue weighted by molar-refractivity contribution is -0.146. The van der Waals surface area contributed by atoms with E-state index in [0.717, 1.165) is 68.6 Å². The van der Waals surface area contributed by atoms with Crippen molar-refractivity contribution in [2.45, 2.75) is 66.4 Å². The first kappa shape index (κ1) is 31.7. The zero-order valence-corrected chi connectivity index (χ0v) is 27.2. The molecule has 240 valence electrons. The molecule has 2 saturated carbocycles. The van der Waals surface area contributed by atoms with Gasteiger partial charge < -0.3 is 19.5 Å². The number of alkyl halides is 4. The highest BCUT2D eigenvalue weighted by molar-refractivity contribution is 14.1. The summed E-state index contributed by atoms with van der Waals surface area (Å²) in [6.45, 7) is 2.37. The van der Waals surface area contributed by atoms with E-state index in [1.54, 1.807) is 18.2 Å². The first-order chi connectivity index (χ1) is 21.1. The van der Waals surface area contributed by atoms with Crippen molar-refractivity contribution in [1.82, 2.24) is 9.88 Å². The molecule has 7 nitrogen and oxygen atoms in total. The summed E-state index contributed by atoms with van der Waals surface area (Å²) in [6, 6.07) is 10.1. The van der Waals surface area contributed by atoms with Crippen LogP contribution in [0.2, 0.25) is 0 Å². The van der Waals surface area contributed by atoms with E-state index in [9.17, 15) is 23.1 Å². The molecule has 44 heavy (non-hydrogen) atoms. The van der Waals surface area contributed by atoms with Crippen molar-refractivity contribution in [2.75, 3.05) is 51.3 Å². The van der Waals surface area contributed by atoms with Crippen LogP contribution in [-0.2, 0) is 10.2 Å². The monoisotopic (exact) mass is 727 g/mol. The molecule has 0 amide bonds. The number of fused-ring (bicyclic) bond motifs is 1. The van der Waals surface area contributed by atoms with Crippen LogP contribution in [0.5, 0.6) is 11.6 Å². The third-order valence-electron chi connectivity index (χ3n) is 10.3. The molecule has 2 saturated heterocycles. The number of methoxy groups -OCH3 is 1. The second-order valence-corrected chi connectivity index (χ2v) is 14.4. The number of pyridine rings is 1. The Morgan fingerprint density at radius 2 is 1.89 bits per heavy atom. The van der Waals surface area contributed by atoms with Crippen molar-refractivity contribution in [3.8, 4) is 11.6 Å². The van der Waals surface area contributed by atoms with E-state index in [-0.39, 0.29) is 17.8 Å². The lowest BCUT2D eigenvalue weighted by Crippen LogP contribution is -2.37. The van der Waals surface area contributed by atoms with Crippen molar-refractivity contribution >= 4 is 34.2 Å². The Hall–Kier alpha value is -2.28. The van der Waals surface area contributed by atoms with Crippen LogP contribution in [0.15, 0.2) is 36.5 Å². The molecule has 1 N–H and O–H groups in total. The van der Waals surface area contributed by atoms with Gasteiger partial charge in [0.15, 0.2) is 0 Å². The Morgan fingerprint density at radius 1 is 1.11 bits per heavy atom. The van der Waals surface area contributed by atoms with Gasteiger partial charge >= 0.3 is 12.1 Å². The molecule has 6 rings (SSSR count). The molecule has 0 radical (unpaired) electrons. The van der Waals surface area contributed by atoms with Crippen molar-refractivity contribution in [3.63, 3.8) is 0 Å². The van der Waals surface area contributed by atoms with Crippen molar-refractivity contribution in [1.29, 1.82) is 0 Å². The summed E-state index contributed by atoms with van der Waals surface area (Å²) in [4.78, 5) is 19.8. The van der Waals surface area contributed by atoms with Gasteiger partial charge in [0.1, 0.15) is 5.75 Å². The van der Waals surface area contributed by atoms with Crippen molar-refractivity contribution in [3.05, 3.63) is 47.7 Å². The molecule has 0 spiro atoms. The second-order valence-electron chi connectivity index (χ2n) is 13.1. The number of ether oxygens (including phenoxy) is 2. The highest BCUT2D eigenvalue weighted by Crippen LogP contribution is 2.65. The van der Waals surface area contributed by atoms with Crippen LogP contribution >= 0.6 is 22.6 Å². The van der Waals surface area contributed by atoms with Crippen molar-refractivity contribution in [2.24, 2.45) is 17.8 Å². The summed E-state index contributed by atoms with van der Waals surface area (Å²) in [6.07, 6.45) is 3.21. The summed E-state index contributed by atoms with van der Waals surface area (Å²) >= 11 is 2.53. The number of hydrogen-bond acceptors (Lipinski definition) is 6. The fraction of sp³-hybridized carbons (Fsp3) is 0.636. The Bertz CT molecular complexity index is 1330. The number of nitrogens with zero attached hydrogens (tertiary/aromatic N) is 3. The third kappa shape index (κ3) is 6.93. The Morgan fingerprint density at radius 3 is 2.57 bits per heavy atom. The number of halogens is 4. The molecule has 4 aliphatic rings. The van der Waals surface area contributed by atoms with Crippen LogP contribution < -0.4 is 14.4 Å². The molecule has 1 aromatic carbocycles. The molecule has 4 fully saturated rings. The first-order valence-corrected chi connectivity index (χ1v) is 17.0. The maximum atomic E-state index is 13.2. The summed E-state index contributed by atoms with van der Waals surface area (Å²) in [5, 5.41) is 9.38. The number of rotatable bonds is 11. The van der Waals surface area contributed by atoms with Gasteiger partial charge in [-0.15, -0.1) is 0 Å². The second kappa shape index (κ2) is 12.8. The highest BCUT2D eigenvalue weighted by atomic mass is 127. The topological polar surface area (TPSA) is 75.1 Å². The number of carboxylic acids is 1. The number of hydrogen-bond donors (Lipinski definition) is 1. The fourth-order valence-corrected chi connectivity index (χ4v) is 9.58. The normalized spacial score (nSPS) is 26.9. The molecule has 11 heteroatoms. The number of aromatic nitrogens is 1. The molecule has 2 aliphatic heterocycles. The highest BCUT2D eigenvalue weighted by Gasteiger charge is 2.65. The van der Waals surface area contributed by atoms with E-state index >= 15 is 0 Å². The van der Waals surface area contributed by atoms with Crippen LogP contribution in [0.4, 0.5) is 18.9 Å². The number of piperidine rings is 1. The van der Waals surface area contributed by atoms with Gasteiger partial charge in [0.25, 0.3) is 0 Å².